The van der Waals surface area contributed by atoms with E-state index in [0.717, 1.165) is 0 Å². The Morgan fingerprint density at radius 2 is 1.67 bits per heavy atom. The molecule has 0 aromatic heterocycles. The van der Waals surface area contributed by atoms with Crippen molar-refractivity contribution < 1.29 is 9.59 Å². The maximum Gasteiger partial charge on any atom is 0.249 e. The number of amides is 2. The minimum Gasteiger partial charge on any atom is -0.317 e. The summed E-state index contributed by atoms with van der Waals surface area (Å²) >= 11 is 0. The lowest BCUT2D eigenvalue weighted by molar-refractivity contribution is -0.167. The Hall–Kier alpha value is -0.900. The molecule has 0 aromatic rings. The maximum absolute atomic E-state index is 12.1. The summed E-state index contributed by atoms with van der Waals surface area (Å²) in [7, 11) is 1.53. The lowest BCUT2D eigenvalue weighted by Crippen LogP contribution is -2.70. The Kier molecular flexibility index (Phi) is 1.72. The average Bonchev–Trinajstić information content (AvgIpc) is 2.33. The smallest absolute Gasteiger partial charge is 0.249 e. The summed E-state index contributed by atoms with van der Waals surface area (Å²) in [5.41, 5.74) is 4.39. The van der Waals surface area contributed by atoms with E-state index >= 15 is 0 Å². The number of rotatable bonds is 0. The Labute approximate surface area is 89.8 Å². The summed E-state index contributed by atoms with van der Waals surface area (Å²) < 4.78 is 0. The van der Waals surface area contributed by atoms with Gasteiger partial charge < -0.3 is 5.73 Å². The number of hydrogen-bond donors (Lipinski definition) is 1. The van der Waals surface area contributed by atoms with Gasteiger partial charge in [-0.2, -0.15) is 0 Å². The second-order valence-corrected chi connectivity index (χ2v) is 5.60. The van der Waals surface area contributed by atoms with Crippen molar-refractivity contribution in [3.63, 3.8) is 0 Å². The lowest BCUT2D eigenvalue weighted by Gasteiger charge is -2.51. The predicted octanol–water partition coefficient (Wildman–Crippen LogP) is 0.509. The van der Waals surface area contributed by atoms with Crippen molar-refractivity contribution in [1.82, 2.24) is 4.90 Å². The van der Waals surface area contributed by atoms with E-state index in [0.29, 0.717) is 12.8 Å². The van der Waals surface area contributed by atoms with Gasteiger partial charge in [0.2, 0.25) is 11.8 Å². The number of carbonyl (C=O) groups is 2. The van der Waals surface area contributed by atoms with E-state index in [1.807, 2.05) is 20.8 Å². The summed E-state index contributed by atoms with van der Waals surface area (Å²) in [6.07, 6.45) is 1.30. The molecule has 4 nitrogen and oxygen atoms in total. The molecule has 2 rings (SSSR count). The normalized spacial score (nSPS) is 43.7. The Balaban J connectivity index is 2.65. The highest BCUT2D eigenvalue weighted by atomic mass is 16.2. The van der Waals surface area contributed by atoms with E-state index < -0.39 is 16.4 Å². The van der Waals surface area contributed by atoms with Crippen LogP contribution in [0.5, 0.6) is 0 Å². The maximum atomic E-state index is 12.1. The number of fused-ring (bicyclic) bond motifs is 2. The van der Waals surface area contributed by atoms with Crippen LogP contribution in [0, 0.1) is 10.8 Å². The van der Waals surface area contributed by atoms with Gasteiger partial charge in [0.15, 0.2) is 0 Å². The zero-order chi connectivity index (χ0) is 11.6. The predicted molar refractivity (Wildman–Crippen MR) is 55.8 cm³/mol. The molecule has 1 saturated carbocycles. The SMILES string of the molecule is CN1C(=O)C2(C)CCC(N)(C1=O)C2(C)C. The van der Waals surface area contributed by atoms with E-state index in [-0.39, 0.29) is 11.8 Å². The van der Waals surface area contributed by atoms with Gasteiger partial charge in [-0.25, -0.2) is 0 Å². The molecule has 1 saturated heterocycles. The van der Waals surface area contributed by atoms with Gasteiger partial charge in [0.25, 0.3) is 0 Å². The Morgan fingerprint density at radius 3 is 2.20 bits per heavy atom. The zero-order valence-corrected chi connectivity index (χ0v) is 9.76. The van der Waals surface area contributed by atoms with Crippen LogP contribution < -0.4 is 5.73 Å². The van der Waals surface area contributed by atoms with E-state index in [4.69, 9.17) is 5.73 Å². The number of nitrogens with two attached hydrogens (primary N) is 1. The summed E-state index contributed by atoms with van der Waals surface area (Å²) in [6, 6.07) is 0. The largest absolute Gasteiger partial charge is 0.317 e. The minimum atomic E-state index is -0.871. The van der Waals surface area contributed by atoms with Crippen molar-refractivity contribution >= 4 is 11.8 Å². The number of imide groups is 1. The number of likely N-dealkylation sites (tertiary alicyclic amines) is 1. The van der Waals surface area contributed by atoms with Crippen LogP contribution in [-0.2, 0) is 9.59 Å². The van der Waals surface area contributed by atoms with E-state index in [2.05, 4.69) is 0 Å². The van der Waals surface area contributed by atoms with Crippen molar-refractivity contribution in [3.05, 3.63) is 0 Å². The van der Waals surface area contributed by atoms with Crippen molar-refractivity contribution in [1.29, 1.82) is 0 Å². The molecule has 1 heterocycles. The number of nitrogens with zero attached hydrogens (tertiary/aromatic N) is 1. The molecule has 1 aliphatic carbocycles. The first-order chi connectivity index (χ1) is 6.68. The third-order valence-corrected chi connectivity index (χ3v) is 4.98. The third kappa shape index (κ3) is 0.830. The number of likely N-dealkylation sites (N-methyl/N-ethyl adjacent to an activating group) is 1. The zero-order valence-electron chi connectivity index (χ0n) is 9.76. The molecule has 1 aliphatic heterocycles. The van der Waals surface area contributed by atoms with Crippen LogP contribution in [0.4, 0.5) is 0 Å². The first-order valence-electron chi connectivity index (χ1n) is 5.30. The van der Waals surface area contributed by atoms with Crippen LogP contribution in [0.25, 0.3) is 0 Å². The third-order valence-electron chi connectivity index (χ3n) is 4.98. The van der Waals surface area contributed by atoms with Crippen LogP contribution in [-0.4, -0.2) is 29.3 Å². The first kappa shape index (κ1) is 10.6. The van der Waals surface area contributed by atoms with E-state index in [9.17, 15) is 9.59 Å². The van der Waals surface area contributed by atoms with Gasteiger partial charge in [-0.05, 0) is 12.8 Å². The molecular formula is C11H18N2O2. The highest BCUT2D eigenvalue weighted by molar-refractivity contribution is 6.07. The highest BCUT2D eigenvalue weighted by Gasteiger charge is 2.70. The lowest BCUT2D eigenvalue weighted by atomic mass is 9.59. The standard InChI is InChI=1S/C11H18N2O2/c1-9(2)10(3)5-6-11(9,12)8(15)13(4)7(10)14/h5-6,12H2,1-4H3. The van der Waals surface area contributed by atoms with Crippen molar-refractivity contribution in [2.75, 3.05) is 7.05 Å². The van der Waals surface area contributed by atoms with Gasteiger partial charge >= 0.3 is 0 Å². The molecule has 0 spiro atoms. The molecule has 84 valence electrons. The molecule has 2 fully saturated rings. The topological polar surface area (TPSA) is 63.4 Å². The number of piperidine rings is 1. The first-order valence-corrected chi connectivity index (χ1v) is 5.30. The highest BCUT2D eigenvalue weighted by Crippen LogP contribution is 2.60. The summed E-state index contributed by atoms with van der Waals surface area (Å²) in [4.78, 5) is 25.4. The molecule has 0 radical (unpaired) electrons. The second kappa shape index (κ2) is 2.43. The van der Waals surface area contributed by atoms with Gasteiger partial charge in [-0.3, -0.25) is 14.5 Å². The van der Waals surface area contributed by atoms with Crippen molar-refractivity contribution in [3.8, 4) is 0 Å². The van der Waals surface area contributed by atoms with Gasteiger partial charge in [0, 0.05) is 12.5 Å². The fourth-order valence-electron chi connectivity index (χ4n) is 3.07. The fourth-order valence-corrected chi connectivity index (χ4v) is 3.07. The Morgan fingerprint density at radius 1 is 1.13 bits per heavy atom. The van der Waals surface area contributed by atoms with Gasteiger partial charge in [0.05, 0.1) is 5.41 Å². The van der Waals surface area contributed by atoms with Crippen molar-refractivity contribution in [2.45, 2.75) is 39.2 Å². The van der Waals surface area contributed by atoms with E-state index in [1.54, 1.807) is 0 Å². The van der Waals surface area contributed by atoms with Crippen LogP contribution in [0.2, 0.25) is 0 Å². The molecular weight excluding hydrogens is 192 g/mol. The van der Waals surface area contributed by atoms with Crippen LogP contribution in [0.3, 0.4) is 0 Å². The van der Waals surface area contributed by atoms with Gasteiger partial charge in [0.1, 0.15) is 5.54 Å². The quantitative estimate of drug-likeness (QED) is 0.592. The monoisotopic (exact) mass is 210 g/mol. The molecule has 2 aliphatic rings. The molecule has 15 heavy (non-hydrogen) atoms. The molecule has 4 heteroatoms. The van der Waals surface area contributed by atoms with Crippen LogP contribution >= 0.6 is 0 Å². The summed E-state index contributed by atoms with van der Waals surface area (Å²) in [6.45, 7) is 5.79. The van der Waals surface area contributed by atoms with Crippen LogP contribution in [0.1, 0.15) is 33.6 Å². The number of hydrogen-bond acceptors (Lipinski definition) is 3. The molecule has 2 atom stereocenters. The van der Waals surface area contributed by atoms with Gasteiger partial charge in [-0.1, -0.05) is 20.8 Å². The molecule has 2 unspecified atom stereocenters. The molecule has 2 bridgehead atoms. The second-order valence-electron chi connectivity index (χ2n) is 5.60. The summed E-state index contributed by atoms with van der Waals surface area (Å²) in [5, 5.41) is 0. The Bertz CT molecular complexity index is 332. The molecule has 0 aromatic carbocycles. The van der Waals surface area contributed by atoms with E-state index in [1.165, 1.54) is 11.9 Å². The average molecular weight is 210 g/mol. The molecule has 2 N–H and O–H groups in total. The molecule has 2 amide bonds. The number of carbonyl (C=O) groups excluding carboxylic acids is 2. The fraction of sp³-hybridized carbons (Fsp3) is 0.818. The van der Waals surface area contributed by atoms with Gasteiger partial charge in [-0.15, -0.1) is 0 Å². The minimum absolute atomic E-state index is 0.0870. The van der Waals surface area contributed by atoms with Crippen molar-refractivity contribution in [2.24, 2.45) is 16.6 Å². The summed E-state index contributed by atoms with van der Waals surface area (Å²) in [5.74, 6) is -0.316. The van der Waals surface area contributed by atoms with Crippen LogP contribution in [0.15, 0.2) is 0 Å².